The highest BCUT2D eigenvalue weighted by molar-refractivity contribution is 9.10. The molecule has 0 saturated heterocycles. The minimum atomic E-state index is 0.386. The fraction of sp³-hybridized carbons (Fsp3) is 0.375. The first-order valence-corrected chi connectivity index (χ1v) is 7.86. The average Bonchev–Trinajstić information content (AvgIpc) is 2.44. The third-order valence-electron chi connectivity index (χ3n) is 3.14. The van der Waals surface area contributed by atoms with E-state index in [1.165, 1.54) is 0 Å². The van der Waals surface area contributed by atoms with Crippen LogP contribution < -0.4 is 10.1 Å². The van der Waals surface area contributed by atoms with Crippen molar-refractivity contribution in [3.05, 3.63) is 45.7 Å². The summed E-state index contributed by atoms with van der Waals surface area (Å²) in [6, 6.07) is 6.25. The van der Waals surface area contributed by atoms with Crippen LogP contribution in [0.15, 0.2) is 28.9 Å². The summed E-state index contributed by atoms with van der Waals surface area (Å²) < 4.78 is 6.79. The minimum absolute atomic E-state index is 0.386. The molecule has 5 heteroatoms. The monoisotopic (exact) mass is 349 g/mol. The molecular formula is C16H20BrN3O. The third-order valence-corrected chi connectivity index (χ3v) is 3.63. The third kappa shape index (κ3) is 4.51. The molecule has 112 valence electrons. The van der Waals surface area contributed by atoms with Crippen molar-refractivity contribution in [1.82, 2.24) is 15.3 Å². The minimum Gasteiger partial charge on any atom is -0.424 e. The van der Waals surface area contributed by atoms with E-state index in [1.807, 2.05) is 38.2 Å². The number of aryl methyl sites for hydroxylation is 2. The summed E-state index contributed by atoms with van der Waals surface area (Å²) in [7, 11) is 0. The SMILES string of the molecule is CCCNCc1cnc(Oc2ccc(Br)cc2C)nc1C. The van der Waals surface area contributed by atoms with E-state index < -0.39 is 0 Å². The fourth-order valence-corrected chi connectivity index (χ4v) is 2.39. The van der Waals surface area contributed by atoms with Crippen molar-refractivity contribution in [2.45, 2.75) is 33.7 Å². The normalized spacial score (nSPS) is 10.7. The topological polar surface area (TPSA) is 47.0 Å². The van der Waals surface area contributed by atoms with Crippen molar-refractivity contribution in [3.63, 3.8) is 0 Å². The Balaban J connectivity index is 2.09. The van der Waals surface area contributed by atoms with Gasteiger partial charge in [0.25, 0.3) is 0 Å². The van der Waals surface area contributed by atoms with Crippen LogP contribution in [0.4, 0.5) is 0 Å². The molecule has 2 rings (SSSR count). The van der Waals surface area contributed by atoms with Gasteiger partial charge >= 0.3 is 6.01 Å². The molecule has 0 radical (unpaired) electrons. The second-order valence-corrected chi connectivity index (χ2v) is 5.87. The highest BCUT2D eigenvalue weighted by Crippen LogP contribution is 2.25. The zero-order valence-corrected chi connectivity index (χ0v) is 14.2. The summed E-state index contributed by atoms with van der Waals surface area (Å²) in [6.07, 6.45) is 2.94. The van der Waals surface area contributed by atoms with E-state index in [1.54, 1.807) is 0 Å². The number of rotatable bonds is 6. The Bertz CT molecular complexity index is 616. The van der Waals surface area contributed by atoms with Crippen molar-refractivity contribution in [1.29, 1.82) is 0 Å². The highest BCUT2D eigenvalue weighted by Gasteiger charge is 2.07. The summed E-state index contributed by atoms with van der Waals surface area (Å²) in [5.41, 5.74) is 3.08. The standard InChI is InChI=1S/C16H20BrN3O/c1-4-7-18-9-13-10-19-16(20-12(13)3)21-15-6-5-14(17)8-11(15)2/h5-6,8,10,18H,4,7,9H2,1-3H3. The molecule has 0 aliphatic carbocycles. The van der Waals surface area contributed by atoms with Crippen LogP contribution in [-0.2, 0) is 6.54 Å². The Morgan fingerprint density at radius 3 is 2.76 bits per heavy atom. The van der Waals surface area contributed by atoms with Gasteiger partial charge in [-0.2, -0.15) is 4.98 Å². The van der Waals surface area contributed by atoms with E-state index in [0.717, 1.165) is 46.6 Å². The van der Waals surface area contributed by atoms with E-state index in [-0.39, 0.29) is 0 Å². The molecule has 0 amide bonds. The predicted molar refractivity (Wildman–Crippen MR) is 87.7 cm³/mol. The number of nitrogens with zero attached hydrogens (tertiary/aromatic N) is 2. The van der Waals surface area contributed by atoms with Crippen LogP contribution in [0.25, 0.3) is 0 Å². The molecule has 0 aliphatic heterocycles. The largest absolute Gasteiger partial charge is 0.424 e. The van der Waals surface area contributed by atoms with Crippen LogP contribution in [0.1, 0.15) is 30.2 Å². The first-order valence-electron chi connectivity index (χ1n) is 7.07. The number of aromatic nitrogens is 2. The molecule has 0 fully saturated rings. The maximum Gasteiger partial charge on any atom is 0.322 e. The van der Waals surface area contributed by atoms with Gasteiger partial charge in [0.15, 0.2) is 0 Å². The van der Waals surface area contributed by atoms with Crippen molar-refractivity contribution < 1.29 is 4.74 Å². The zero-order valence-electron chi connectivity index (χ0n) is 12.6. The van der Waals surface area contributed by atoms with Gasteiger partial charge in [0.1, 0.15) is 5.75 Å². The molecule has 0 atom stereocenters. The molecule has 2 aromatic rings. The van der Waals surface area contributed by atoms with Gasteiger partial charge in [0, 0.05) is 28.5 Å². The molecule has 0 saturated carbocycles. The van der Waals surface area contributed by atoms with Gasteiger partial charge in [-0.3, -0.25) is 0 Å². The van der Waals surface area contributed by atoms with Crippen LogP contribution in [0.3, 0.4) is 0 Å². The lowest BCUT2D eigenvalue weighted by atomic mass is 10.2. The molecule has 0 bridgehead atoms. The van der Waals surface area contributed by atoms with E-state index in [2.05, 4.69) is 38.1 Å². The molecule has 21 heavy (non-hydrogen) atoms. The molecule has 1 N–H and O–H groups in total. The van der Waals surface area contributed by atoms with E-state index in [0.29, 0.717) is 6.01 Å². The van der Waals surface area contributed by atoms with Gasteiger partial charge in [0.05, 0.1) is 0 Å². The lowest BCUT2D eigenvalue weighted by molar-refractivity contribution is 0.436. The van der Waals surface area contributed by atoms with Crippen LogP contribution >= 0.6 is 15.9 Å². The fourth-order valence-electron chi connectivity index (χ4n) is 1.92. The van der Waals surface area contributed by atoms with Gasteiger partial charge in [-0.05, 0) is 50.6 Å². The number of benzene rings is 1. The van der Waals surface area contributed by atoms with E-state index in [9.17, 15) is 0 Å². The Labute approximate surface area is 134 Å². The molecule has 0 spiro atoms. The van der Waals surface area contributed by atoms with E-state index >= 15 is 0 Å². The number of halogens is 1. The Morgan fingerprint density at radius 1 is 1.29 bits per heavy atom. The maximum absolute atomic E-state index is 5.76. The summed E-state index contributed by atoms with van der Waals surface area (Å²) in [5.74, 6) is 0.773. The molecule has 1 aromatic heterocycles. The number of ether oxygens (including phenoxy) is 1. The number of hydrogen-bond acceptors (Lipinski definition) is 4. The maximum atomic E-state index is 5.76. The van der Waals surface area contributed by atoms with Crippen molar-refractivity contribution in [3.8, 4) is 11.8 Å². The Kier molecular flexibility index (Phi) is 5.70. The van der Waals surface area contributed by atoms with Gasteiger partial charge in [-0.1, -0.05) is 22.9 Å². The summed E-state index contributed by atoms with van der Waals surface area (Å²) in [6.45, 7) is 7.91. The van der Waals surface area contributed by atoms with Gasteiger partial charge < -0.3 is 10.1 Å². The van der Waals surface area contributed by atoms with Crippen molar-refractivity contribution in [2.24, 2.45) is 0 Å². The van der Waals surface area contributed by atoms with Crippen LogP contribution in [0.5, 0.6) is 11.8 Å². The van der Waals surface area contributed by atoms with Crippen LogP contribution in [0.2, 0.25) is 0 Å². The second-order valence-electron chi connectivity index (χ2n) is 4.95. The van der Waals surface area contributed by atoms with Gasteiger partial charge in [-0.25, -0.2) is 4.98 Å². The van der Waals surface area contributed by atoms with Crippen LogP contribution in [-0.4, -0.2) is 16.5 Å². The lowest BCUT2D eigenvalue weighted by Crippen LogP contribution is -2.15. The first-order chi connectivity index (χ1) is 10.1. The smallest absolute Gasteiger partial charge is 0.322 e. The summed E-state index contributed by atoms with van der Waals surface area (Å²) in [5, 5.41) is 3.35. The van der Waals surface area contributed by atoms with Crippen LogP contribution in [0, 0.1) is 13.8 Å². The Morgan fingerprint density at radius 2 is 2.10 bits per heavy atom. The van der Waals surface area contributed by atoms with Gasteiger partial charge in [0.2, 0.25) is 0 Å². The highest BCUT2D eigenvalue weighted by atomic mass is 79.9. The number of nitrogens with one attached hydrogen (secondary N) is 1. The average molecular weight is 350 g/mol. The number of hydrogen-bond donors (Lipinski definition) is 1. The van der Waals surface area contributed by atoms with Gasteiger partial charge in [-0.15, -0.1) is 0 Å². The Hall–Kier alpha value is -1.46. The lowest BCUT2D eigenvalue weighted by Gasteiger charge is -2.10. The molecular weight excluding hydrogens is 330 g/mol. The molecule has 0 unspecified atom stereocenters. The molecule has 1 aromatic carbocycles. The van der Waals surface area contributed by atoms with E-state index in [4.69, 9.17) is 4.74 Å². The zero-order chi connectivity index (χ0) is 15.2. The van der Waals surface area contributed by atoms with Crippen molar-refractivity contribution in [2.75, 3.05) is 6.54 Å². The quantitative estimate of drug-likeness (QED) is 0.795. The summed E-state index contributed by atoms with van der Waals surface area (Å²) >= 11 is 3.44. The first kappa shape index (κ1) is 15.9. The summed E-state index contributed by atoms with van der Waals surface area (Å²) in [4.78, 5) is 8.72. The molecule has 1 heterocycles. The molecule has 4 nitrogen and oxygen atoms in total. The van der Waals surface area contributed by atoms with Crippen molar-refractivity contribution >= 4 is 15.9 Å². The predicted octanol–water partition coefficient (Wildman–Crippen LogP) is 4.15. The molecule has 0 aliphatic rings. The second kappa shape index (κ2) is 7.52.